The first kappa shape index (κ1) is 20.7. The third-order valence-corrected chi connectivity index (χ3v) is 4.12. The third-order valence-electron chi connectivity index (χ3n) is 4.12. The summed E-state index contributed by atoms with van der Waals surface area (Å²) in [5.41, 5.74) is 2.07. The van der Waals surface area contributed by atoms with E-state index in [4.69, 9.17) is 4.52 Å². The van der Waals surface area contributed by atoms with E-state index in [2.05, 4.69) is 20.8 Å². The van der Waals surface area contributed by atoms with E-state index in [1.165, 1.54) is 0 Å². The van der Waals surface area contributed by atoms with Gasteiger partial charge >= 0.3 is 0 Å². The van der Waals surface area contributed by atoms with Gasteiger partial charge in [0.2, 0.25) is 5.91 Å². The molecule has 1 aliphatic rings. The van der Waals surface area contributed by atoms with Crippen molar-refractivity contribution < 1.29 is 9.32 Å². The molecule has 1 saturated heterocycles. The first-order valence-corrected chi connectivity index (χ1v) is 8.21. The van der Waals surface area contributed by atoms with Crippen molar-refractivity contribution in [2.75, 3.05) is 26.7 Å². The molecule has 1 aromatic heterocycles. The van der Waals surface area contributed by atoms with Crippen molar-refractivity contribution in [3.05, 3.63) is 17.0 Å². The molecule has 136 valence electrons. The quantitative estimate of drug-likeness (QED) is 0.406. The number of nitrogens with zero attached hydrogens (tertiary/aromatic N) is 3. The Kier molecular flexibility index (Phi) is 8.51. The van der Waals surface area contributed by atoms with E-state index in [1.807, 2.05) is 27.8 Å². The average molecular weight is 449 g/mol. The summed E-state index contributed by atoms with van der Waals surface area (Å²) in [5, 5.41) is 10.7. The van der Waals surface area contributed by atoms with Gasteiger partial charge in [-0.3, -0.25) is 9.79 Å². The summed E-state index contributed by atoms with van der Waals surface area (Å²) in [6.45, 7) is 8.11. The molecule has 1 aromatic rings. The fraction of sp³-hybridized carbons (Fsp3) is 0.688. The van der Waals surface area contributed by atoms with Crippen LogP contribution in [0.1, 0.15) is 36.8 Å². The number of aliphatic imine (C=N–C) groups is 1. The molecule has 2 N–H and O–H groups in total. The Morgan fingerprint density at radius 1 is 1.46 bits per heavy atom. The lowest BCUT2D eigenvalue weighted by Crippen LogP contribution is -2.51. The monoisotopic (exact) mass is 449 g/mol. The first-order valence-electron chi connectivity index (χ1n) is 8.21. The van der Waals surface area contributed by atoms with Crippen LogP contribution in [0.2, 0.25) is 0 Å². The molecule has 1 amide bonds. The highest BCUT2D eigenvalue weighted by Gasteiger charge is 2.23. The van der Waals surface area contributed by atoms with Gasteiger partial charge in [-0.05, 0) is 33.6 Å². The van der Waals surface area contributed by atoms with Crippen LogP contribution in [0.5, 0.6) is 0 Å². The van der Waals surface area contributed by atoms with Gasteiger partial charge in [0.25, 0.3) is 0 Å². The van der Waals surface area contributed by atoms with Gasteiger partial charge in [-0.25, -0.2) is 0 Å². The molecule has 2 heterocycles. The average Bonchev–Trinajstić information content (AvgIpc) is 2.83. The van der Waals surface area contributed by atoms with E-state index in [0.717, 1.165) is 42.4 Å². The summed E-state index contributed by atoms with van der Waals surface area (Å²) in [6, 6.07) is 0.245. The normalized spacial score (nSPS) is 18.3. The fourth-order valence-corrected chi connectivity index (χ4v) is 2.78. The van der Waals surface area contributed by atoms with Gasteiger partial charge < -0.3 is 20.1 Å². The number of carbonyl (C=O) groups excluding carboxylic acids is 1. The zero-order chi connectivity index (χ0) is 16.8. The molecule has 0 spiro atoms. The molecule has 0 aliphatic carbocycles. The van der Waals surface area contributed by atoms with Crippen molar-refractivity contribution in [3.63, 3.8) is 0 Å². The van der Waals surface area contributed by atoms with Crippen LogP contribution in [-0.2, 0) is 11.2 Å². The van der Waals surface area contributed by atoms with Gasteiger partial charge in [0.05, 0.1) is 5.69 Å². The molecular weight excluding hydrogens is 421 g/mol. The number of amides is 1. The van der Waals surface area contributed by atoms with Gasteiger partial charge in [-0.1, -0.05) is 5.16 Å². The lowest BCUT2D eigenvalue weighted by Gasteiger charge is -2.31. The minimum absolute atomic E-state index is 0. The zero-order valence-electron chi connectivity index (χ0n) is 14.9. The van der Waals surface area contributed by atoms with Crippen LogP contribution in [-0.4, -0.2) is 54.6 Å². The largest absolute Gasteiger partial charge is 0.361 e. The summed E-state index contributed by atoms with van der Waals surface area (Å²) in [5.74, 6) is 1.87. The minimum Gasteiger partial charge on any atom is -0.361 e. The number of aromatic nitrogens is 1. The van der Waals surface area contributed by atoms with E-state index in [0.29, 0.717) is 19.5 Å². The fourth-order valence-electron chi connectivity index (χ4n) is 2.78. The number of piperidine rings is 1. The van der Waals surface area contributed by atoms with Crippen molar-refractivity contribution in [2.24, 2.45) is 4.99 Å². The number of hydrogen-bond donors (Lipinski definition) is 2. The number of halogens is 1. The van der Waals surface area contributed by atoms with Crippen LogP contribution in [0.15, 0.2) is 9.52 Å². The van der Waals surface area contributed by atoms with Crippen LogP contribution in [0, 0.1) is 13.8 Å². The highest BCUT2D eigenvalue weighted by Crippen LogP contribution is 2.13. The second-order valence-electron chi connectivity index (χ2n) is 5.97. The molecule has 24 heavy (non-hydrogen) atoms. The molecular formula is C16H28IN5O2. The van der Waals surface area contributed by atoms with E-state index in [9.17, 15) is 4.79 Å². The van der Waals surface area contributed by atoms with Crippen molar-refractivity contribution in [1.29, 1.82) is 0 Å². The summed E-state index contributed by atoms with van der Waals surface area (Å²) in [4.78, 5) is 18.0. The molecule has 1 aliphatic heterocycles. The lowest BCUT2D eigenvalue weighted by atomic mass is 10.1. The Bertz CT molecular complexity index is 553. The number of nitrogens with one attached hydrogen (secondary N) is 2. The second-order valence-corrected chi connectivity index (χ2v) is 5.97. The summed E-state index contributed by atoms with van der Waals surface area (Å²) in [7, 11) is 1.84. The van der Waals surface area contributed by atoms with Gasteiger partial charge in [-0.15, -0.1) is 24.0 Å². The summed E-state index contributed by atoms with van der Waals surface area (Å²) >= 11 is 0. The van der Waals surface area contributed by atoms with Gasteiger partial charge in [0, 0.05) is 44.7 Å². The molecule has 8 heteroatoms. The van der Waals surface area contributed by atoms with Crippen LogP contribution >= 0.6 is 24.0 Å². The first-order chi connectivity index (χ1) is 11.0. The predicted molar refractivity (Wildman–Crippen MR) is 105 cm³/mol. The van der Waals surface area contributed by atoms with Crippen molar-refractivity contribution >= 4 is 35.8 Å². The smallest absolute Gasteiger partial charge is 0.222 e. The predicted octanol–water partition coefficient (Wildman–Crippen LogP) is 1.63. The molecule has 0 saturated carbocycles. The highest BCUT2D eigenvalue weighted by atomic mass is 127. The Morgan fingerprint density at radius 2 is 2.21 bits per heavy atom. The van der Waals surface area contributed by atoms with Gasteiger partial charge in [-0.2, -0.15) is 0 Å². The van der Waals surface area contributed by atoms with Crippen molar-refractivity contribution in [3.8, 4) is 0 Å². The number of hydrogen-bond acceptors (Lipinski definition) is 4. The Hall–Kier alpha value is -1.32. The number of aryl methyl sites for hydroxylation is 2. The van der Waals surface area contributed by atoms with Crippen LogP contribution in [0.3, 0.4) is 0 Å². The molecule has 1 fully saturated rings. The zero-order valence-corrected chi connectivity index (χ0v) is 17.2. The number of carbonyl (C=O) groups is 1. The maximum absolute atomic E-state index is 11.6. The minimum atomic E-state index is 0. The van der Waals surface area contributed by atoms with E-state index >= 15 is 0 Å². The summed E-state index contributed by atoms with van der Waals surface area (Å²) < 4.78 is 5.18. The van der Waals surface area contributed by atoms with Crippen LogP contribution in [0.25, 0.3) is 0 Å². The standard InChI is InChI=1S/C16H27N5O2.HI/c1-5-17-16(19-13-6-7-15(22)21(4)10-13)18-9-8-14-11(2)20-23-12(14)3;/h13H,5-10H2,1-4H3,(H2,17,18,19);1H. The SMILES string of the molecule is CCNC(=NCCc1c(C)noc1C)NC1CCC(=O)N(C)C1.I. The van der Waals surface area contributed by atoms with Crippen molar-refractivity contribution in [1.82, 2.24) is 20.7 Å². The summed E-state index contributed by atoms with van der Waals surface area (Å²) in [6.07, 6.45) is 2.24. The topological polar surface area (TPSA) is 82.8 Å². The molecule has 0 aromatic carbocycles. The lowest BCUT2D eigenvalue weighted by molar-refractivity contribution is -0.132. The Morgan fingerprint density at radius 3 is 2.79 bits per heavy atom. The second kappa shape index (κ2) is 9.85. The maximum atomic E-state index is 11.6. The van der Waals surface area contributed by atoms with Gasteiger partial charge in [0.1, 0.15) is 5.76 Å². The van der Waals surface area contributed by atoms with Crippen LogP contribution < -0.4 is 10.6 Å². The van der Waals surface area contributed by atoms with Crippen molar-refractivity contribution in [2.45, 2.75) is 46.1 Å². The molecule has 1 unspecified atom stereocenters. The number of likely N-dealkylation sites (N-methyl/N-ethyl adjacent to an activating group) is 1. The molecule has 7 nitrogen and oxygen atoms in total. The highest BCUT2D eigenvalue weighted by molar-refractivity contribution is 14.0. The van der Waals surface area contributed by atoms with Gasteiger partial charge in [0.15, 0.2) is 5.96 Å². The van der Waals surface area contributed by atoms with E-state index < -0.39 is 0 Å². The molecule has 0 radical (unpaired) electrons. The number of guanidine groups is 1. The molecule has 0 bridgehead atoms. The molecule has 2 rings (SSSR count). The van der Waals surface area contributed by atoms with E-state index in [-0.39, 0.29) is 35.9 Å². The number of likely N-dealkylation sites (tertiary alicyclic amines) is 1. The third kappa shape index (κ3) is 5.64. The van der Waals surface area contributed by atoms with Crippen LogP contribution in [0.4, 0.5) is 0 Å². The Labute approximate surface area is 160 Å². The molecule has 1 atom stereocenters. The maximum Gasteiger partial charge on any atom is 0.222 e. The van der Waals surface area contributed by atoms with E-state index in [1.54, 1.807) is 4.90 Å². The Balaban J connectivity index is 0.00000288. The number of rotatable bonds is 5.